The average Bonchev–Trinajstić information content (AvgIpc) is 2.27. The third-order valence-corrected chi connectivity index (χ3v) is 3.38. The molecule has 2 N–H and O–H groups in total. The van der Waals surface area contributed by atoms with E-state index in [0.717, 1.165) is 24.8 Å². The van der Waals surface area contributed by atoms with Gasteiger partial charge in [0.1, 0.15) is 5.54 Å². The predicted octanol–water partition coefficient (Wildman–Crippen LogP) is 2.23. The first-order valence-corrected chi connectivity index (χ1v) is 5.53. The molecule has 1 aromatic carbocycles. The van der Waals surface area contributed by atoms with Crippen molar-refractivity contribution < 1.29 is 4.79 Å². The van der Waals surface area contributed by atoms with Crippen molar-refractivity contribution in [2.45, 2.75) is 31.7 Å². The van der Waals surface area contributed by atoms with Crippen molar-refractivity contribution in [2.24, 2.45) is 11.7 Å². The summed E-state index contributed by atoms with van der Waals surface area (Å²) in [4.78, 5) is 12.1. The molecular weight excluding hydrogens is 186 g/mol. The Labute approximate surface area is 90.5 Å². The summed E-state index contributed by atoms with van der Waals surface area (Å²) >= 11 is 0. The van der Waals surface area contributed by atoms with E-state index < -0.39 is 5.54 Å². The van der Waals surface area contributed by atoms with Crippen LogP contribution < -0.4 is 5.73 Å². The number of hydrogen-bond acceptors (Lipinski definition) is 2. The van der Waals surface area contributed by atoms with Crippen molar-refractivity contribution in [3.05, 3.63) is 35.9 Å². The van der Waals surface area contributed by atoms with Gasteiger partial charge in [-0.15, -0.1) is 0 Å². The molecule has 0 amide bonds. The first-order chi connectivity index (χ1) is 7.14. The quantitative estimate of drug-likeness (QED) is 0.760. The monoisotopic (exact) mass is 203 g/mol. The van der Waals surface area contributed by atoms with Crippen molar-refractivity contribution in [3.8, 4) is 0 Å². The molecule has 2 atom stereocenters. The molecule has 0 spiro atoms. The van der Waals surface area contributed by atoms with Gasteiger partial charge in [-0.05, 0) is 18.4 Å². The van der Waals surface area contributed by atoms with Crippen LogP contribution >= 0.6 is 0 Å². The minimum atomic E-state index is -0.737. The summed E-state index contributed by atoms with van der Waals surface area (Å²) in [6.45, 7) is 1.98. The summed E-state index contributed by atoms with van der Waals surface area (Å²) in [6.07, 6.45) is 2.79. The average molecular weight is 203 g/mol. The molecule has 0 saturated heterocycles. The molecule has 1 saturated carbocycles. The molecule has 15 heavy (non-hydrogen) atoms. The molecule has 0 aliphatic heterocycles. The van der Waals surface area contributed by atoms with Crippen molar-refractivity contribution in [1.82, 2.24) is 0 Å². The van der Waals surface area contributed by atoms with Crippen molar-refractivity contribution in [3.63, 3.8) is 0 Å². The fraction of sp³-hybridized carbons (Fsp3) is 0.462. The summed E-state index contributed by atoms with van der Waals surface area (Å²) in [5.74, 6) is 0.295. The minimum absolute atomic E-state index is 0.101. The van der Waals surface area contributed by atoms with Crippen LogP contribution in [0.5, 0.6) is 0 Å². The lowest BCUT2D eigenvalue weighted by Crippen LogP contribution is -2.49. The molecule has 2 unspecified atom stereocenters. The topological polar surface area (TPSA) is 43.1 Å². The van der Waals surface area contributed by atoms with Gasteiger partial charge in [0, 0.05) is 5.92 Å². The highest BCUT2D eigenvalue weighted by Crippen LogP contribution is 2.34. The van der Waals surface area contributed by atoms with Gasteiger partial charge >= 0.3 is 0 Å². The predicted molar refractivity (Wildman–Crippen MR) is 60.3 cm³/mol. The van der Waals surface area contributed by atoms with Crippen LogP contribution in [0.25, 0.3) is 0 Å². The van der Waals surface area contributed by atoms with Crippen LogP contribution in [-0.4, -0.2) is 5.78 Å². The van der Waals surface area contributed by atoms with Crippen LogP contribution in [0.15, 0.2) is 30.3 Å². The highest BCUT2D eigenvalue weighted by atomic mass is 16.1. The molecule has 80 valence electrons. The van der Waals surface area contributed by atoms with Crippen LogP contribution in [0.3, 0.4) is 0 Å². The second-order valence-corrected chi connectivity index (χ2v) is 4.49. The molecule has 0 aromatic heterocycles. The Morgan fingerprint density at radius 3 is 2.67 bits per heavy atom. The lowest BCUT2D eigenvalue weighted by molar-refractivity contribution is -0.130. The fourth-order valence-electron chi connectivity index (χ4n) is 2.40. The zero-order valence-electron chi connectivity index (χ0n) is 9.07. The lowest BCUT2D eigenvalue weighted by atomic mass is 9.72. The highest BCUT2D eigenvalue weighted by molar-refractivity contribution is 5.91. The second kappa shape index (κ2) is 3.78. The Hall–Kier alpha value is -1.15. The molecular formula is C13H17NO. The molecule has 2 nitrogen and oxygen atoms in total. The van der Waals surface area contributed by atoms with Crippen molar-refractivity contribution >= 4 is 5.78 Å². The fourth-order valence-corrected chi connectivity index (χ4v) is 2.40. The Bertz CT molecular complexity index is 360. The minimum Gasteiger partial charge on any atom is -0.315 e. The SMILES string of the molecule is CC1CCCC(N)(c2ccccc2)C1=O. The number of nitrogens with two attached hydrogens (primary N) is 1. The number of benzene rings is 1. The Morgan fingerprint density at radius 2 is 2.00 bits per heavy atom. The standard InChI is InChI=1S/C13H17NO/c1-10-6-5-9-13(14,12(10)15)11-7-3-2-4-8-11/h2-4,7-8,10H,5-6,9,14H2,1H3. The normalized spacial score (nSPS) is 31.6. The number of Topliss-reactive ketones (excluding diaryl/α,β-unsaturated/α-hetero) is 1. The maximum Gasteiger partial charge on any atom is 0.159 e. The van der Waals surface area contributed by atoms with Gasteiger partial charge in [0.15, 0.2) is 5.78 Å². The van der Waals surface area contributed by atoms with E-state index in [9.17, 15) is 4.79 Å². The molecule has 1 aliphatic rings. The lowest BCUT2D eigenvalue weighted by Gasteiger charge is -2.35. The summed E-state index contributed by atoms with van der Waals surface area (Å²) in [5.41, 5.74) is 6.49. The van der Waals surface area contributed by atoms with E-state index >= 15 is 0 Å². The molecule has 0 bridgehead atoms. The smallest absolute Gasteiger partial charge is 0.159 e. The Kier molecular flexibility index (Phi) is 2.61. The molecule has 0 heterocycles. The maximum absolute atomic E-state index is 12.1. The van der Waals surface area contributed by atoms with Gasteiger partial charge < -0.3 is 5.73 Å². The second-order valence-electron chi connectivity index (χ2n) is 4.49. The van der Waals surface area contributed by atoms with Gasteiger partial charge in [0.2, 0.25) is 0 Å². The van der Waals surface area contributed by atoms with Crippen molar-refractivity contribution in [1.29, 1.82) is 0 Å². The summed E-state index contributed by atoms with van der Waals surface area (Å²) in [6, 6.07) is 9.74. The first kappa shape index (κ1) is 10.4. The molecule has 2 heteroatoms. The van der Waals surface area contributed by atoms with Gasteiger partial charge in [-0.2, -0.15) is 0 Å². The van der Waals surface area contributed by atoms with E-state index in [1.54, 1.807) is 0 Å². The third kappa shape index (κ3) is 1.70. The maximum atomic E-state index is 12.1. The third-order valence-electron chi connectivity index (χ3n) is 3.38. The van der Waals surface area contributed by atoms with Gasteiger partial charge in [0.05, 0.1) is 0 Å². The Balaban J connectivity index is 2.37. The number of hydrogen-bond donors (Lipinski definition) is 1. The van der Waals surface area contributed by atoms with E-state index in [1.165, 1.54) is 0 Å². The van der Waals surface area contributed by atoms with Crippen LogP contribution in [0.4, 0.5) is 0 Å². The van der Waals surface area contributed by atoms with Crippen LogP contribution in [0.2, 0.25) is 0 Å². The van der Waals surface area contributed by atoms with Crippen LogP contribution in [-0.2, 0) is 10.3 Å². The molecule has 1 aliphatic carbocycles. The number of ketones is 1. The van der Waals surface area contributed by atoms with Gasteiger partial charge in [-0.25, -0.2) is 0 Å². The van der Waals surface area contributed by atoms with Crippen molar-refractivity contribution in [2.75, 3.05) is 0 Å². The van der Waals surface area contributed by atoms with E-state index in [2.05, 4.69) is 0 Å². The molecule has 1 fully saturated rings. The van der Waals surface area contributed by atoms with E-state index in [4.69, 9.17) is 5.73 Å². The van der Waals surface area contributed by atoms with Gasteiger partial charge in [-0.1, -0.05) is 43.7 Å². The summed E-state index contributed by atoms with van der Waals surface area (Å²) in [7, 11) is 0. The zero-order valence-corrected chi connectivity index (χ0v) is 9.07. The number of rotatable bonds is 1. The first-order valence-electron chi connectivity index (χ1n) is 5.53. The number of carbonyl (C=O) groups excluding carboxylic acids is 1. The molecule has 0 radical (unpaired) electrons. The van der Waals surface area contributed by atoms with E-state index in [0.29, 0.717) is 0 Å². The largest absolute Gasteiger partial charge is 0.315 e. The van der Waals surface area contributed by atoms with Gasteiger partial charge in [0.25, 0.3) is 0 Å². The van der Waals surface area contributed by atoms with Gasteiger partial charge in [-0.3, -0.25) is 4.79 Å². The molecule has 2 rings (SSSR count). The highest BCUT2D eigenvalue weighted by Gasteiger charge is 2.40. The summed E-state index contributed by atoms with van der Waals surface area (Å²) < 4.78 is 0. The van der Waals surface area contributed by atoms with Crippen LogP contribution in [0, 0.1) is 5.92 Å². The number of carbonyl (C=O) groups is 1. The zero-order chi connectivity index (χ0) is 10.9. The van der Waals surface area contributed by atoms with Crippen LogP contribution in [0.1, 0.15) is 31.7 Å². The van der Waals surface area contributed by atoms with E-state index in [1.807, 2.05) is 37.3 Å². The molecule has 1 aromatic rings. The summed E-state index contributed by atoms with van der Waals surface area (Å²) in [5, 5.41) is 0. The van der Waals surface area contributed by atoms with E-state index in [-0.39, 0.29) is 11.7 Å². The Morgan fingerprint density at radius 1 is 1.33 bits per heavy atom.